The molecule has 0 N–H and O–H groups in total. The van der Waals surface area contributed by atoms with E-state index in [0.717, 1.165) is 36.6 Å². The van der Waals surface area contributed by atoms with E-state index in [1.54, 1.807) is 18.0 Å². The molecule has 0 bridgehead atoms. The van der Waals surface area contributed by atoms with Gasteiger partial charge in [0.15, 0.2) is 0 Å². The summed E-state index contributed by atoms with van der Waals surface area (Å²) in [6, 6.07) is 7.66. The van der Waals surface area contributed by atoms with Gasteiger partial charge >= 0.3 is 0 Å². The van der Waals surface area contributed by atoms with Gasteiger partial charge < -0.3 is 9.64 Å². The van der Waals surface area contributed by atoms with Crippen LogP contribution in [0, 0.1) is 0 Å². The average Bonchev–Trinajstić information content (AvgIpc) is 3.13. The first-order valence-corrected chi connectivity index (χ1v) is 9.75. The molecular formula is C19H22N4O2S. The summed E-state index contributed by atoms with van der Waals surface area (Å²) in [7, 11) is 1.64. The number of rotatable bonds is 5. The van der Waals surface area contributed by atoms with Crippen molar-refractivity contribution in [1.29, 1.82) is 0 Å². The van der Waals surface area contributed by atoms with Crippen LogP contribution in [0.2, 0.25) is 0 Å². The zero-order chi connectivity index (χ0) is 17.9. The normalized spacial score (nSPS) is 15.4. The van der Waals surface area contributed by atoms with Gasteiger partial charge in [-0.25, -0.2) is 4.98 Å². The Morgan fingerprint density at radius 3 is 2.62 bits per heavy atom. The van der Waals surface area contributed by atoms with Crippen molar-refractivity contribution in [3.8, 4) is 17.0 Å². The summed E-state index contributed by atoms with van der Waals surface area (Å²) in [5.41, 5.74) is 2.38. The van der Waals surface area contributed by atoms with Gasteiger partial charge in [-0.3, -0.25) is 9.36 Å². The first-order valence-electron chi connectivity index (χ1n) is 8.98. The van der Waals surface area contributed by atoms with Gasteiger partial charge in [0.25, 0.3) is 5.56 Å². The second-order valence-corrected chi connectivity index (χ2v) is 7.36. The van der Waals surface area contributed by atoms with Crippen LogP contribution in [0.3, 0.4) is 0 Å². The van der Waals surface area contributed by atoms with E-state index in [9.17, 15) is 4.79 Å². The third kappa shape index (κ3) is 3.37. The Kier molecular flexibility index (Phi) is 4.99. The topological polar surface area (TPSA) is 60.2 Å². The van der Waals surface area contributed by atoms with Gasteiger partial charge in [0.1, 0.15) is 21.7 Å². The third-order valence-corrected chi connectivity index (χ3v) is 5.74. The van der Waals surface area contributed by atoms with Gasteiger partial charge in [-0.05, 0) is 61.7 Å². The first-order chi connectivity index (χ1) is 12.8. The van der Waals surface area contributed by atoms with Gasteiger partial charge in [-0.1, -0.05) is 6.42 Å². The van der Waals surface area contributed by atoms with Gasteiger partial charge in [0.05, 0.1) is 13.4 Å². The van der Waals surface area contributed by atoms with Gasteiger partial charge in [-0.2, -0.15) is 4.37 Å². The van der Waals surface area contributed by atoms with Gasteiger partial charge in [-0.15, -0.1) is 0 Å². The molecule has 1 aromatic carbocycles. The molecule has 7 heteroatoms. The monoisotopic (exact) mass is 370 g/mol. The molecule has 1 aliphatic rings. The maximum atomic E-state index is 12.8. The molecule has 1 saturated heterocycles. The van der Waals surface area contributed by atoms with Crippen LogP contribution in [0.1, 0.15) is 19.3 Å². The average molecular weight is 370 g/mol. The van der Waals surface area contributed by atoms with E-state index < -0.39 is 0 Å². The molecule has 4 rings (SSSR count). The smallest absolute Gasteiger partial charge is 0.272 e. The number of benzene rings is 1. The van der Waals surface area contributed by atoms with E-state index in [4.69, 9.17) is 4.74 Å². The van der Waals surface area contributed by atoms with Crippen molar-refractivity contribution in [2.24, 2.45) is 0 Å². The lowest BCUT2D eigenvalue weighted by Crippen LogP contribution is -2.34. The summed E-state index contributed by atoms with van der Waals surface area (Å²) in [6.07, 6.45) is 5.49. The van der Waals surface area contributed by atoms with Crippen LogP contribution in [0.4, 0.5) is 0 Å². The number of nitrogens with zero attached hydrogens (tertiary/aromatic N) is 4. The Balaban J connectivity index is 1.59. The molecule has 1 fully saturated rings. The molecule has 0 radical (unpaired) electrons. The number of piperidine rings is 1. The van der Waals surface area contributed by atoms with E-state index in [0.29, 0.717) is 16.8 Å². The summed E-state index contributed by atoms with van der Waals surface area (Å²) in [5, 5.41) is 0. The van der Waals surface area contributed by atoms with Crippen molar-refractivity contribution >= 4 is 21.7 Å². The molecule has 3 aromatic rings. The molecule has 1 aliphatic heterocycles. The predicted molar refractivity (Wildman–Crippen MR) is 104 cm³/mol. The van der Waals surface area contributed by atoms with Crippen LogP contribution in [-0.4, -0.2) is 45.6 Å². The Labute approximate surface area is 156 Å². The predicted octanol–water partition coefficient (Wildman–Crippen LogP) is 3.01. The zero-order valence-electron chi connectivity index (χ0n) is 14.9. The fraction of sp³-hybridized carbons (Fsp3) is 0.421. The second kappa shape index (κ2) is 7.55. The quantitative estimate of drug-likeness (QED) is 0.691. The Morgan fingerprint density at radius 2 is 1.88 bits per heavy atom. The van der Waals surface area contributed by atoms with Crippen molar-refractivity contribution in [2.75, 3.05) is 26.7 Å². The van der Waals surface area contributed by atoms with Crippen LogP contribution >= 0.6 is 11.5 Å². The van der Waals surface area contributed by atoms with Crippen molar-refractivity contribution in [1.82, 2.24) is 18.8 Å². The first kappa shape index (κ1) is 17.2. The summed E-state index contributed by atoms with van der Waals surface area (Å²) in [6.45, 7) is 3.84. The van der Waals surface area contributed by atoms with Crippen LogP contribution in [-0.2, 0) is 6.54 Å². The SMILES string of the molecule is COc1ccc(-c2nsc3c(=O)n(CCN4CCCCC4)cnc23)cc1. The molecule has 0 atom stereocenters. The number of aromatic nitrogens is 3. The highest BCUT2D eigenvalue weighted by atomic mass is 32.1. The van der Waals surface area contributed by atoms with Crippen LogP contribution in [0.5, 0.6) is 5.75 Å². The van der Waals surface area contributed by atoms with Crippen molar-refractivity contribution in [3.05, 3.63) is 40.9 Å². The van der Waals surface area contributed by atoms with E-state index >= 15 is 0 Å². The molecule has 6 nitrogen and oxygen atoms in total. The number of fused-ring (bicyclic) bond motifs is 1. The van der Waals surface area contributed by atoms with E-state index in [-0.39, 0.29) is 5.56 Å². The van der Waals surface area contributed by atoms with Gasteiger partial charge in [0.2, 0.25) is 0 Å². The largest absolute Gasteiger partial charge is 0.497 e. The van der Waals surface area contributed by atoms with Gasteiger partial charge in [0, 0.05) is 18.7 Å². The summed E-state index contributed by atoms with van der Waals surface area (Å²) < 4.78 is 12.0. The second-order valence-electron chi connectivity index (χ2n) is 6.58. The molecule has 0 unspecified atom stereocenters. The minimum atomic E-state index is 0.00395. The highest BCUT2D eigenvalue weighted by Crippen LogP contribution is 2.28. The Bertz CT molecular complexity index is 942. The molecule has 26 heavy (non-hydrogen) atoms. The molecule has 0 spiro atoms. The third-order valence-electron chi connectivity index (χ3n) is 4.92. The minimum absolute atomic E-state index is 0.00395. The van der Waals surface area contributed by atoms with Crippen molar-refractivity contribution in [3.63, 3.8) is 0 Å². The summed E-state index contributed by atoms with van der Waals surface area (Å²) in [4.78, 5) is 19.8. The fourth-order valence-corrected chi connectivity index (χ4v) is 4.19. The van der Waals surface area contributed by atoms with E-state index in [1.807, 2.05) is 24.3 Å². The molecule has 2 aromatic heterocycles. The molecule has 0 aliphatic carbocycles. The van der Waals surface area contributed by atoms with Crippen molar-refractivity contribution < 1.29 is 4.74 Å². The lowest BCUT2D eigenvalue weighted by Gasteiger charge is -2.26. The molecule has 0 saturated carbocycles. The highest BCUT2D eigenvalue weighted by molar-refractivity contribution is 7.13. The maximum absolute atomic E-state index is 12.8. The van der Waals surface area contributed by atoms with Crippen molar-refractivity contribution in [2.45, 2.75) is 25.8 Å². The number of hydrogen-bond acceptors (Lipinski definition) is 6. The lowest BCUT2D eigenvalue weighted by atomic mass is 10.1. The maximum Gasteiger partial charge on any atom is 0.272 e. The molecular weight excluding hydrogens is 348 g/mol. The standard InChI is InChI=1S/C19H22N4O2S/c1-25-15-7-5-14(6-8-15)16-17-18(26-21-16)19(24)23(13-20-17)12-11-22-9-3-2-4-10-22/h5-8,13H,2-4,9-12H2,1H3. The number of methoxy groups -OCH3 is 1. The summed E-state index contributed by atoms with van der Waals surface area (Å²) in [5.74, 6) is 0.793. The number of ether oxygens (including phenoxy) is 1. The molecule has 136 valence electrons. The van der Waals surface area contributed by atoms with Crippen LogP contribution in [0.15, 0.2) is 35.4 Å². The zero-order valence-corrected chi connectivity index (χ0v) is 15.7. The Morgan fingerprint density at radius 1 is 1.12 bits per heavy atom. The highest BCUT2D eigenvalue weighted by Gasteiger charge is 2.15. The molecule has 3 heterocycles. The lowest BCUT2D eigenvalue weighted by molar-refractivity contribution is 0.220. The van der Waals surface area contributed by atoms with Crippen LogP contribution < -0.4 is 10.3 Å². The summed E-state index contributed by atoms with van der Waals surface area (Å²) >= 11 is 1.23. The van der Waals surface area contributed by atoms with E-state index in [1.165, 1.54) is 30.8 Å². The fourth-order valence-electron chi connectivity index (χ4n) is 3.39. The molecule has 0 amide bonds. The number of hydrogen-bond donors (Lipinski definition) is 0. The Hall–Kier alpha value is -2.25. The minimum Gasteiger partial charge on any atom is -0.497 e. The van der Waals surface area contributed by atoms with Crippen LogP contribution in [0.25, 0.3) is 21.5 Å². The number of likely N-dealkylation sites (tertiary alicyclic amines) is 1. The van der Waals surface area contributed by atoms with E-state index in [2.05, 4.69) is 14.3 Å².